The minimum atomic E-state index is -0.976. The second-order valence-electron chi connectivity index (χ2n) is 8.92. The third kappa shape index (κ3) is 4.48. The number of likely N-dealkylation sites (tertiary alicyclic amines) is 1. The summed E-state index contributed by atoms with van der Waals surface area (Å²) in [6.07, 6.45) is 2.43. The molecular formula is C23H30N2O6. The highest BCUT2D eigenvalue weighted by Crippen LogP contribution is 2.36. The summed E-state index contributed by atoms with van der Waals surface area (Å²) in [6, 6.07) is 5.25. The van der Waals surface area contributed by atoms with Crippen molar-refractivity contribution in [1.82, 2.24) is 4.90 Å². The summed E-state index contributed by atoms with van der Waals surface area (Å²) in [4.78, 5) is 39.6. The van der Waals surface area contributed by atoms with Gasteiger partial charge in [-0.1, -0.05) is 26.7 Å². The van der Waals surface area contributed by atoms with Crippen molar-refractivity contribution in [2.24, 2.45) is 17.8 Å². The molecule has 1 saturated heterocycles. The number of nitrogens with one attached hydrogen (secondary N) is 1. The summed E-state index contributed by atoms with van der Waals surface area (Å²) in [5, 5.41) is 2.72. The normalized spacial score (nSPS) is 28.4. The van der Waals surface area contributed by atoms with Gasteiger partial charge in [0.15, 0.2) is 17.6 Å². The van der Waals surface area contributed by atoms with Crippen molar-refractivity contribution in [1.29, 1.82) is 0 Å². The van der Waals surface area contributed by atoms with Gasteiger partial charge in [-0.3, -0.25) is 14.4 Å². The van der Waals surface area contributed by atoms with E-state index in [1.807, 2.05) is 4.90 Å². The zero-order valence-electron chi connectivity index (χ0n) is 18.3. The van der Waals surface area contributed by atoms with E-state index >= 15 is 0 Å². The van der Waals surface area contributed by atoms with Gasteiger partial charge in [0.1, 0.15) is 0 Å². The van der Waals surface area contributed by atoms with E-state index in [4.69, 9.17) is 14.2 Å². The zero-order chi connectivity index (χ0) is 22.1. The summed E-state index contributed by atoms with van der Waals surface area (Å²) < 4.78 is 16.0. The fraction of sp³-hybridized carbons (Fsp3) is 0.609. The smallest absolute Gasteiger partial charge is 0.312 e. The average molecular weight is 431 g/mol. The maximum Gasteiger partial charge on any atom is 0.312 e. The van der Waals surface area contributed by atoms with Crippen LogP contribution < -0.4 is 14.8 Å². The number of hydrogen-bond donors (Lipinski definition) is 1. The Morgan fingerprint density at radius 3 is 2.77 bits per heavy atom. The maximum absolute atomic E-state index is 12.7. The van der Waals surface area contributed by atoms with Gasteiger partial charge in [0.25, 0.3) is 5.91 Å². The summed E-state index contributed by atoms with van der Waals surface area (Å²) in [5.41, 5.74) is 0.528. The number of esters is 1. The van der Waals surface area contributed by atoms with E-state index in [1.54, 1.807) is 18.2 Å². The lowest BCUT2D eigenvalue weighted by Crippen LogP contribution is -2.45. The molecule has 4 rings (SSSR count). The van der Waals surface area contributed by atoms with Crippen molar-refractivity contribution < 1.29 is 28.6 Å². The molecule has 8 heteroatoms. The van der Waals surface area contributed by atoms with E-state index in [0.717, 1.165) is 12.8 Å². The summed E-state index contributed by atoms with van der Waals surface area (Å²) in [5.74, 6) is 0.691. The van der Waals surface area contributed by atoms with Gasteiger partial charge in [0.2, 0.25) is 12.7 Å². The lowest BCUT2D eigenvalue weighted by atomic mass is 9.77. The van der Waals surface area contributed by atoms with Crippen LogP contribution in [0, 0.1) is 17.8 Å². The number of fused-ring (bicyclic) bond motifs is 1. The molecule has 2 heterocycles. The van der Waals surface area contributed by atoms with Gasteiger partial charge in [-0.25, -0.2) is 0 Å². The molecule has 0 radical (unpaired) electrons. The molecule has 0 aromatic heterocycles. The molecule has 1 saturated carbocycles. The lowest BCUT2D eigenvalue weighted by molar-refractivity contribution is -0.157. The van der Waals surface area contributed by atoms with Crippen molar-refractivity contribution in [2.75, 3.05) is 18.7 Å². The number of amides is 2. The molecule has 31 heavy (non-hydrogen) atoms. The highest BCUT2D eigenvalue weighted by atomic mass is 16.7. The Morgan fingerprint density at radius 2 is 1.97 bits per heavy atom. The minimum Gasteiger partial charge on any atom is -0.454 e. The first-order valence-corrected chi connectivity index (χ1v) is 11.0. The summed E-state index contributed by atoms with van der Waals surface area (Å²) in [7, 11) is 0. The lowest BCUT2D eigenvalue weighted by Gasteiger charge is -2.39. The van der Waals surface area contributed by atoms with Crippen molar-refractivity contribution in [3.8, 4) is 11.5 Å². The van der Waals surface area contributed by atoms with E-state index in [1.165, 1.54) is 13.3 Å². The molecule has 0 bridgehead atoms. The van der Waals surface area contributed by atoms with E-state index in [0.29, 0.717) is 35.6 Å². The van der Waals surface area contributed by atoms with Crippen molar-refractivity contribution in [3.05, 3.63) is 18.2 Å². The Hall–Kier alpha value is -2.77. The van der Waals surface area contributed by atoms with Crippen LogP contribution in [-0.2, 0) is 19.1 Å². The Balaban J connectivity index is 1.31. The molecular weight excluding hydrogens is 400 g/mol. The quantitative estimate of drug-likeness (QED) is 0.722. The fourth-order valence-corrected chi connectivity index (χ4v) is 4.75. The van der Waals surface area contributed by atoms with E-state index in [2.05, 4.69) is 19.2 Å². The molecule has 1 aromatic carbocycles. The molecule has 0 spiro atoms. The Kier molecular flexibility index (Phi) is 6.07. The van der Waals surface area contributed by atoms with Crippen LogP contribution in [0.1, 0.15) is 46.5 Å². The van der Waals surface area contributed by atoms with Crippen molar-refractivity contribution >= 4 is 23.5 Å². The number of hydrogen-bond acceptors (Lipinski definition) is 6. The van der Waals surface area contributed by atoms with Gasteiger partial charge < -0.3 is 24.4 Å². The number of ether oxygens (including phenoxy) is 3. The van der Waals surface area contributed by atoms with Gasteiger partial charge in [0.05, 0.1) is 5.92 Å². The fourth-order valence-electron chi connectivity index (χ4n) is 4.75. The molecule has 168 valence electrons. The molecule has 3 aliphatic rings. The molecule has 5 atom stereocenters. The number of carbonyl (C=O) groups is 3. The first kappa shape index (κ1) is 21.5. The SMILES string of the molecule is C[C@@H]1[C@H](C)CCC[C@H]1N1C[C@H](C(=O)O[C@@H](C)C(=O)Nc2ccc3c(c2)OCO3)CC1=O. The first-order chi connectivity index (χ1) is 14.8. The molecule has 2 amide bonds. The largest absolute Gasteiger partial charge is 0.454 e. The number of benzene rings is 1. The van der Waals surface area contributed by atoms with E-state index < -0.39 is 23.9 Å². The van der Waals surface area contributed by atoms with Crippen LogP contribution in [0.25, 0.3) is 0 Å². The topological polar surface area (TPSA) is 94.2 Å². The van der Waals surface area contributed by atoms with Gasteiger partial charge in [-0.2, -0.15) is 0 Å². The number of rotatable bonds is 5. The van der Waals surface area contributed by atoms with E-state index in [9.17, 15) is 14.4 Å². The molecule has 1 N–H and O–H groups in total. The van der Waals surface area contributed by atoms with E-state index in [-0.39, 0.29) is 25.2 Å². The van der Waals surface area contributed by atoms with Crippen LogP contribution in [0.3, 0.4) is 0 Å². The first-order valence-electron chi connectivity index (χ1n) is 11.0. The summed E-state index contributed by atoms with van der Waals surface area (Å²) >= 11 is 0. The molecule has 0 unspecified atom stereocenters. The Labute approximate surface area is 182 Å². The van der Waals surface area contributed by atoms with Crippen LogP contribution >= 0.6 is 0 Å². The van der Waals surface area contributed by atoms with Gasteiger partial charge in [-0.05, 0) is 37.3 Å². The average Bonchev–Trinajstić information content (AvgIpc) is 3.36. The van der Waals surface area contributed by atoms with Crippen LogP contribution in [0.5, 0.6) is 11.5 Å². The molecule has 2 aliphatic heterocycles. The second kappa shape index (κ2) is 8.77. The zero-order valence-corrected chi connectivity index (χ0v) is 18.3. The standard InChI is InChI=1S/C23H30N2O6/c1-13-5-4-6-18(14(13)2)25-11-16(9-21(25)26)23(28)31-15(3)22(27)24-17-7-8-19-20(10-17)30-12-29-19/h7-8,10,13-16,18H,4-6,9,11-12H2,1-3H3,(H,24,27)/t13-,14-,15+,16-,18-/m1/s1. The second-order valence-corrected chi connectivity index (χ2v) is 8.92. The number of carbonyl (C=O) groups excluding carboxylic acids is 3. The minimum absolute atomic E-state index is 0.00497. The van der Waals surface area contributed by atoms with Crippen molar-refractivity contribution in [3.63, 3.8) is 0 Å². The number of nitrogens with zero attached hydrogens (tertiary/aromatic N) is 1. The molecule has 2 fully saturated rings. The Morgan fingerprint density at radius 1 is 1.19 bits per heavy atom. The monoisotopic (exact) mass is 430 g/mol. The van der Waals surface area contributed by atoms with Crippen molar-refractivity contribution in [2.45, 2.75) is 58.6 Å². The van der Waals surface area contributed by atoms with Crippen LogP contribution in [0.4, 0.5) is 5.69 Å². The van der Waals surface area contributed by atoms with Gasteiger partial charge >= 0.3 is 5.97 Å². The van der Waals surface area contributed by atoms with Crippen LogP contribution in [0.2, 0.25) is 0 Å². The van der Waals surface area contributed by atoms with Gasteiger partial charge in [-0.15, -0.1) is 0 Å². The van der Waals surface area contributed by atoms with Crippen LogP contribution in [-0.4, -0.2) is 48.2 Å². The highest BCUT2D eigenvalue weighted by molar-refractivity contribution is 5.96. The highest BCUT2D eigenvalue weighted by Gasteiger charge is 2.42. The van der Waals surface area contributed by atoms with Gasteiger partial charge in [0, 0.05) is 30.8 Å². The summed E-state index contributed by atoms with van der Waals surface area (Å²) in [6.45, 7) is 6.46. The maximum atomic E-state index is 12.7. The molecule has 1 aliphatic carbocycles. The molecule has 8 nitrogen and oxygen atoms in total. The van der Waals surface area contributed by atoms with Crippen LogP contribution in [0.15, 0.2) is 18.2 Å². The third-order valence-corrected chi connectivity index (χ3v) is 6.86. The predicted molar refractivity (Wildman–Crippen MR) is 113 cm³/mol. The third-order valence-electron chi connectivity index (χ3n) is 6.86. The predicted octanol–water partition coefficient (Wildman–Crippen LogP) is 2.96. The molecule has 1 aromatic rings. The Bertz CT molecular complexity index is 872. The number of anilines is 1.